The van der Waals surface area contributed by atoms with Crippen LogP contribution in [0.4, 0.5) is 4.79 Å². The molecule has 0 heterocycles. The van der Waals surface area contributed by atoms with E-state index >= 15 is 0 Å². The van der Waals surface area contributed by atoms with Gasteiger partial charge < -0.3 is 15.6 Å². The summed E-state index contributed by atoms with van der Waals surface area (Å²) in [7, 11) is 0. The van der Waals surface area contributed by atoms with E-state index in [4.69, 9.17) is 16.2 Å². The van der Waals surface area contributed by atoms with E-state index in [-0.39, 0.29) is 11.6 Å². The van der Waals surface area contributed by atoms with Gasteiger partial charge >= 0.3 is 6.16 Å². The fourth-order valence-corrected chi connectivity index (χ4v) is 1.56. The first-order valence-corrected chi connectivity index (χ1v) is 4.85. The molecule has 0 saturated heterocycles. The van der Waals surface area contributed by atoms with Crippen LogP contribution in [0.1, 0.15) is 5.56 Å². The zero-order valence-electron chi connectivity index (χ0n) is 8.81. The first kappa shape index (κ1) is 10.9. The number of hydrogen-bond donors (Lipinski definition) is 3. The average Bonchev–Trinajstić information content (AvgIpc) is 2.27. The molecule has 0 unspecified atom stereocenters. The molecule has 2 rings (SSSR count). The van der Waals surface area contributed by atoms with Crippen LogP contribution in [-0.4, -0.2) is 17.1 Å². The molecule has 0 fully saturated rings. The summed E-state index contributed by atoms with van der Waals surface area (Å²) >= 11 is 0. The van der Waals surface area contributed by atoms with Gasteiger partial charge in [0.05, 0.1) is 0 Å². The van der Waals surface area contributed by atoms with Gasteiger partial charge in [-0.3, -0.25) is 5.41 Å². The lowest BCUT2D eigenvalue weighted by Gasteiger charge is -2.04. The molecule has 0 aliphatic heterocycles. The average molecular weight is 230 g/mol. The Hall–Kier alpha value is -2.56. The fraction of sp³-hybridized carbons (Fsp3) is 0. The van der Waals surface area contributed by atoms with Crippen molar-refractivity contribution in [3.63, 3.8) is 0 Å². The van der Waals surface area contributed by atoms with Gasteiger partial charge in [0.2, 0.25) is 0 Å². The summed E-state index contributed by atoms with van der Waals surface area (Å²) in [5.74, 6) is 0.262. The molecule has 2 aromatic carbocycles. The van der Waals surface area contributed by atoms with Crippen molar-refractivity contribution >= 4 is 22.8 Å². The first-order chi connectivity index (χ1) is 8.06. The van der Waals surface area contributed by atoms with E-state index in [1.165, 1.54) is 0 Å². The Balaban J connectivity index is 2.46. The van der Waals surface area contributed by atoms with Gasteiger partial charge in [-0.25, -0.2) is 4.79 Å². The highest BCUT2D eigenvalue weighted by Gasteiger charge is 2.03. The van der Waals surface area contributed by atoms with E-state index in [2.05, 4.69) is 4.74 Å². The van der Waals surface area contributed by atoms with Crippen LogP contribution in [0.5, 0.6) is 5.75 Å². The van der Waals surface area contributed by atoms with E-state index in [9.17, 15) is 4.79 Å². The highest BCUT2D eigenvalue weighted by atomic mass is 16.7. The summed E-state index contributed by atoms with van der Waals surface area (Å²) in [4.78, 5) is 10.4. The second kappa shape index (κ2) is 4.13. The van der Waals surface area contributed by atoms with Gasteiger partial charge in [-0.1, -0.05) is 18.2 Å². The number of amidine groups is 1. The molecule has 0 spiro atoms. The molecule has 0 aliphatic rings. The van der Waals surface area contributed by atoms with Crippen molar-refractivity contribution in [1.82, 2.24) is 0 Å². The number of fused-ring (bicyclic) bond motifs is 1. The minimum absolute atomic E-state index is 0.00207. The molecule has 0 radical (unpaired) electrons. The number of carbonyl (C=O) groups is 1. The fourth-order valence-electron chi connectivity index (χ4n) is 1.56. The Labute approximate surface area is 96.9 Å². The molecule has 2 aromatic rings. The summed E-state index contributed by atoms with van der Waals surface area (Å²) in [5, 5.41) is 17.5. The Bertz CT molecular complexity index is 608. The third-order valence-corrected chi connectivity index (χ3v) is 2.33. The number of rotatable bonds is 2. The summed E-state index contributed by atoms with van der Waals surface area (Å²) in [6.45, 7) is 0. The summed E-state index contributed by atoms with van der Waals surface area (Å²) in [6, 6.07) is 10.1. The molecule has 0 atom stereocenters. The zero-order valence-corrected chi connectivity index (χ0v) is 8.81. The molecule has 0 aliphatic carbocycles. The Morgan fingerprint density at radius 2 is 1.82 bits per heavy atom. The Morgan fingerprint density at radius 3 is 2.47 bits per heavy atom. The number of carboxylic acid groups (broad SMARTS) is 1. The molecular weight excluding hydrogens is 220 g/mol. The lowest BCUT2D eigenvalue weighted by Crippen LogP contribution is -2.10. The number of benzene rings is 2. The van der Waals surface area contributed by atoms with Crippen LogP contribution in [0.25, 0.3) is 10.8 Å². The maximum atomic E-state index is 10.4. The van der Waals surface area contributed by atoms with Gasteiger partial charge in [0, 0.05) is 5.56 Å². The number of nitrogens with two attached hydrogens (primary N) is 1. The van der Waals surface area contributed by atoms with Crippen molar-refractivity contribution in [3.05, 3.63) is 42.0 Å². The topological polar surface area (TPSA) is 96.4 Å². The maximum Gasteiger partial charge on any atom is 0.511 e. The molecular formula is C12H10N2O3. The molecule has 0 amide bonds. The molecule has 17 heavy (non-hydrogen) atoms. The number of hydrogen-bond acceptors (Lipinski definition) is 3. The zero-order chi connectivity index (χ0) is 12.4. The number of ether oxygens (including phenoxy) is 1. The quantitative estimate of drug-likeness (QED) is 0.319. The molecule has 0 saturated carbocycles. The van der Waals surface area contributed by atoms with Gasteiger partial charge in [-0.05, 0) is 29.0 Å². The van der Waals surface area contributed by atoms with Crippen molar-refractivity contribution in [2.24, 2.45) is 5.73 Å². The van der Waals surface area contributed by atoms with Crippen molar-refractivity contribution in [1.29, 1.82) is 5.41 Å². The largest absolute Gasteiger partial charge is 0.511 e. The summed E-state index contributed by atoms with van der Waals surface area (Å²) in [5.41, 5.74) is 6.01. The van der Waals surface area contributed by atoms with E-state index in [0.717, 1.165) is 10.8 Å². The third-order valence-electron chi connectivity index (χ3n) is 2.33. The summed E-state index contributed by atoms with van der Waals surface area (Å²) < 4.78 is 4.55. The predicted molar refractivity (Wildman–Crippen MR) is 63.6 cm³/mol. The SMILES string of the molecule is N=C(N)c1ccc2cc(OC(=O)O)ccc2c1. The minimum Gasteiger partial charge on any atom is -0.449 e. The van der Waals surface area contributed by atoms with Crippen molar-refractivity contribution < 1.29 is 14.6 Å². The van der Waals surface area contributed by atoms with Crippen LogP contribution < -0.4 is 10.5 Å². The lowest BCUT2D eigenvalue weighted by molar-refractivity contribution is 0.144. The van der Waals surface area contributed by atoms with E-state index in [0.29, 0.717) is 5.56 Å². The van der Waals surface area contributed by atoms with Crippen molar-refractivity contribution in [2.45, 2.75) is 0 Å². The highest BCUT2D eigenvalue weighted by molar-refractivity contribution is 5.99. The maximum absolute atomic E-state index is 10.4. The molecule has 4 N–H and O–H groups in total. The molecule has 5 heteroatoms. The molecule has 86 valence electrons. The van der Waals surface area contributed by atoms with Crippen LogP contribution >= 0.6 is 0 Å². The number of nitrogens with one attached hydrogen (secondary N) is 1. The van der Waals surface area contributed by atoms with Crippen LogP contribution in [0.15, 0.2) is 36.4 Å². The second-order valence-corrected chi connectivity index (χ2v) is 3.51. The minimum atomic E-state index is -1.34. The van der Waals surface area contributed by atoms with Gasteiger partial charge in [0.1, 0.15) is 11.6 Å². The monoisotopic (exact) mass is 230 g/mol. The third kappa shape index (κ3) is 2.34. The van der Waals surface area contributed by atoms with Crippen LogP contribution in [0, 0.1) is 5.41 Å². The second-order valence-electron chi connectivity index (χ2n) is 3.51. The van der Waals surface area contributed by atoms with Crippen molar-refractivity contribution in [3.8, 4) is 5.75 Å². The number of nitrogen functional groups attached to an aromatic ring is 1. The van der Waals surface area contributed by atoms with E-state index in [1.807, 2.05) is 0 Å². The van der Waals surface area contributed by atoms with Crippen LogP contribution in [0.3, 0.4) is 0 Å². The molecule has 5 nitrogen and oxygen atoms in total. The lowest BCUT2D eigenvalue weighted by atomic mass is 10.1. The van der Waals surface area contributed by atoms with Gasteiger partial charge in [-0.2, -0.15) is 0 Å². The summed E-state index contributed by atoms with van der Waals surface area (Å²) in [6.07, 6.45) is -1.34. The van der Waals surface area contributed by atoms with Gasteiger partial charge in [0.15, 0.2) is 0 Å². The van der Waals surface area contributed by atoms with Crippen molar-refractivity contribution in [2.75, 3.05) is 0 Å². The van der Waals surface area contributed by atoms with Crippen LogP contribution in [-0.2, 0) is 0 Å². The smallest absolute Gasteiger partial charge is 0.449 e. The van der Waals surface area contributed by atoms with Gasteiger partial charge in [0.25, 0.3) is 0 Å². The Morgan fingerprint density at radius 1 is 1.18 bits per heavy atom. The highest BCUT2D eigenvalue weighted by Crippen LogP contribution is 2.22. The van der Waals surface area contributed by atoms with Gasteiger partial charge in [-0.15, -0.1) is 0 Å². The van der Waals surface area contributed by atoms with Crippen LogP contribution in [0.2, 0.25) is 0 Å². The van der Waals surface area contributed by atoms with E-state index in [1.54, 1.807) is 36.4 Å². The normalized spacial score (nSPS) is 10.1. The Kier molecular flexibility index (Phi) is 2.66. The standard InChI is InChI=1S/C12H10N2O3/c13-11(14)9-2-1-8-6-10(17-12(15)16)4-3-7(8)5-9/h1-6H,(H3,13,14)(H,15,16). The first-order valence-electron chi connectivity index (χ1n) is 4.85. The van der Waals surface area contributed by atoms with E-state index < -0.39 is 6.16 Å². The molecule has 0 aromatic heterocycles. The molecule has 0 bridgehead atoms. The predicted octanol–water partition coefficient (Wildman–Crippen LogP) is 2.18.